The summed E-state index contributed by atoms with van der Waals surface area (Å²) < 4.78 is 0. The zero-order chi connectivity index (χ0) is 14.7. The zero-order valence-electron chi connectivity index (χ0n) is 12.3. The van der Waals surface area contributed by atoms with Crippen LogP contribution >= 0.6 is 0 Å². The zero-order valence-corrected chi connectivity index (χ0v) is 12.3. The summed E-state index contributed by atoms with van der Waals surface area (Å²) in [7, 11) is 0. The minimum absolute atomic E-state index is 0.0168. The monoisotopic (exact) mass is 283 g/mol. The van der Waals surface area contributed by atoms with E-state index in [0.717, 1.165) is 32.6 Å². The summed E-state index contributed by atoms with van der Waals surface area (Å²) in [5.74, 6) is -1.04. The molecule has 3 atom stereocenters. The van der Waals surface area contributed by atoms with Crippen LogP contribution in [0.3, 0.4) is 0 Å². The van der Waals surface area contributed by atoms with E-state index in [4.69, 9.17) is 5.11 Å². The average molecular weight is 283 g/mol. The molecule has 1 heterocycles. The van der Waals surface area contributed by atoms with Crippen molar-refractivity contribution in [1.29, 1.82) is 0 Å². The molecule has 2 amide bonds. The van der Waals surface area contributed by atoms with E-state index in [1.54, 1.807) is 0 Å². The Kier molecular flexibility index (Phi) is 4.86. The number of likely N-dealkylation sites (N-methyl/N-ethyl adjacent to an activating group) is 1. The van der Waals surface area contributed by atoms with Crippen LogP contribution in [-0.2, 0) is 4.79 Å². The van der Waals surface area contributed by atoms with Crippen molar-refractivity contribution in [3.63, 3.8) is 0 Å². The molecule has 6 nitrogen and oxygen atoms in total. The van der Waals surface area contributed by atoms with Crippen LogP contribution in [-0.4, -0.2) is 65.2 Å². The Balaban J connectivity index is 1.80. The van der Waals surface area contributed by atoms with Gasteiger partial charge in [-0.3, -0.25) is 9.69 Å². The highest BCUT2D eigenvalue weighted by atomic mass is 16.4. The molecule has 1 saturated heterocycles. The third kappa shape index (κ3) is 3.42. The molecule has 2 N–H and O–H groups in total. The fraction of sp³-hybridized carbons (Fsp3) is 0.857. The van der Waals surface area contributed by atoms with Crippen molar-refractivity contribution in [2.75, 3.05) is 26.2 Å². The van der Waals surface area contributed by atoms with Crippen molar-refractivity contribution >= 4 is 12.0 Å². The predicted molar refractivity (Wildman–Crippen MR) is 75.6 cm³/mol. The normalized spacial score (nSPS) is 31.3. The maximum Gasteiger partial charge on any atom is 0.317 e. The van der Waals surface area contributed by atoms with E-state index in [2.05, 4.69) is 24.1 Å². The van der Waals surface area contributed by atoms with Crippen LogP contribution in [0, 0.1) is 5.92 Å². The Hall–Kier alpha value is -1.30. The number of rotatable bonds is 3. The van der Waals surface area contributed by atoms with E-state index >= 15 is 0 Å². The predicted octanol–water partition coefficient (Wildman–Crippen LogP) is 0.975. The smallest absolute Gasteiger partial charge is 0.317 e. The number of nitrogens with zero attached hydrogens (tertiary/aromatic N) is 2. The maximum absolute atomic E-state index is 12.2. The molecule has 0 bridgehead atoms. The number of hydrogen-bond acceptors (Lipinski definition) is 3. The summed E-state index contributed by atoms with van der Waals surface area (Å²) in [5.41, 5.74) is 0. The van der Waals surface area contributed by atoms with Gasteiger partial charge >= 0.3 is 12.0 Å². The van der Waals surface area contributed by atoms with Crippen LogP contribution < -0.4 is 5.32 Å². The minimum Gasteiger partial charge on any atom is -0.481 e. The summed E-state index contributed by atoms with van der Waals surface area (Å²) in [6.45, 7) is 7.69. The molecule has 0 spiro atoms. The number of carbonyl (C=O) groups excluding carboxylic acids is 1. The Morgan fingerprint density at radius 1 is 1.30 bits per heavy atom. The van der Waals surface area contributed by atoms with E-state index in [1.165, 1.54) is 0 Å². The van der Waals surface area contributed by atoms with Gasteiger partial charge in [0.1, 0.15) is 0 Å². The van der Waals surface area contributed by atoms with Gasteiger partial charge in [-0.1, -0.05) is 6.92 Å². The quantitative estimate of drug-likeness (QED) is 0.809. The van der Waals surface area contributed by atoms with Gasteiger partial charge in [-0.05, 0) is 32.7 Å². The summed E-state index contributed by atoms with van der Waals surface area (Å²) >= 11 is 0. The van der Waals surface area contributed by atoms with Gasteiger partial charge < -0.3 is 15.3 Å². The second-order valence-corrected chi connectivity index (χ2v) is 5.92. The summed E-state index contributed by atoms with van der Waals surface area (Å²) in [6.07, 6.45) is 2.00. The molecular formula is C14H25N3O3. The van der Waals surface area contributed by atoms with Crippen molar-refractivity contribution < 1.29 is 14.7 Å². The van der Waals surface area contributed by atoms with Crippen LogP contribution in [0.1, 0.15) is 33.1 Å². The van der Waals surface area contributed by atoms with Crippen molar-refractivity contribution in [1.82, 2.24) is 15.1 Å². The van der Waals surface area contributed by atoms with Crippen LogP contribution in [0.2, 0.25) is 0 Å². The highest BCUT2D eigenvalue weighted by Gasteiger charge is 2.32. The van der Waals surface area contributed by atoms with E-state index < -0.39 is 5.97 Å². The lowest BCUT2D eigenvalue weighted by Crippen LogP contribution is -2.56. The van der Waals surface area contributed by atoms with Crippen LogP contribution in [0.4, 0.5) is 4.79 Å². The van der Waals surface area contributed by atoms with Gasteiger partial charge in [-0.2, -0.15) is 0 Å². The maximum atomic E-state index is 12.2. The van der Waals surface area contributed by atoms with Gasteiger partial charge in [0.25, 0.3) is 0 Å². The average Bonchev–Trinajstić information content (AvgIpc) is 2.87. The van der Waals surface area contributed by atoms with Crippen molar-refractivity contribution in [2.24, 2.45) is 5.92 Å². The topological polar surface area (TPSA) is 72.9 Å². The number of carbonyl (C=O) groups is 2. The first-order valence-electron chi connectivity index (χ1n) is 7.53. The third-order valence-electron chi connectivity index (χ3n) is 4.57. The summed E-state index contributed by atoms with van der Waals surface area (Å²) in [5, 5.41) is 12.0. The number of hydrogen-bond donors (Lipinski definition) is 2. The molecule has 0 radical (unpaired) electrons. The Morgan fingerprint density at radius 2 is 2.05 bits per heavy atom. The molecule has 1 saturated carbocycles. The van der Waals surface area contributed by atoms with E-state index in [9.17, 15) is 9.59 Å². The third-order valence-corrected chi connectivity index (χ3v) is 4.57. The lowest BCUT2D eigenvalue weighted by Gasteiger charge is -2.39. The number of aliphatic carboxylic acids is 1. The van der Waals surface area contributed by atoms with Crippen LogP contribution in [0.15, 0.2) is 0 Å². The van der Waals surface area contributed by atoms with Gasteiger partial charge in [0.15, 0.2) is 0 Å². The second-order valence-electron chi connectivity index (χ2n) is 5.92. The Morgan fingerprint density at radius 3 is 2.60 bits per heavy atom. The second kappa shape index (κ2) is 6.43. The van der Waals surface area contributed by atoms with E-state index in [0.29, 0.717) is 18.9 Å². The first-order chi connectivity index (χ1) is 9.51. The number of piperazine rings is 1. The molecule has 20 heavy (non-hydrogen) atoms. The molecule has 0 aromatic carbocycles. The number of carboxylic acids is 1. The fourth-order valence-electron chi connectivity index (χ4n) is 3.25. The lowest BCUT2D eigenvalue weighted by molar-refractivity contribution is -0.141. The number of nitrogens with one attached hydrogen (secondary N) is 1. The van der Waals surface area contributed by atoms with Gasteiger partial charge in [0.2, 0.25) is 0 Å². The van der Waals surface area contributed by atoms with E-state index in [1.807, 2.05) is 4.90 Å². The molecule has 0 aromatic heterocycles. The van der Waals surface area contributed by atoms with Crippen molar-refractivity contribution in [2.45, 2.75) is 45.2 Å². The Bertz CT molecular complexity index is 375. The molecule has 2 fully saturated rings. The van der Waals surface area contributed by atoms with Crippen molar-refractivity contribution in [3.05, 3.63) is 0 Å². The summed E-state index contributed by atoms with van der Waals surface area (Å²) in [6, 6.07) is 0.363. The first kappa shape index (κ1) is 15.1. The first-order valence-corrected chi connectivity index (χ1v) is 7.53. The standard InChI is InChI=1S/C14H25N3O3/c1-3-16-6-7-17(9-10(16)2)14(20)15-12-5-4-11(8-12)13(18)19/h10-12H,3-9H2,1-2H3,(H,15,20)(H,18,19). The molecule has 2 rings (SSSR count). The molecule has 1 aliphatic heterocycles. The number of carboxylic acid groups (broad SMARTS) is 1. The molecule has 1 aliphatic carbocycles. The van der Waals surface area contributed by atoms with Gasteiger partial charge in [0.05, 0.1) is 5.92 Å². The molecule has 114 valence electrons. The molecule has 3 unspecified atom stereocenters. The SMILES string of the molecule is CCN1CCN(C(=O)NC2CCC(C(=O)O)C2)CC1C. The minimum atomic E-state index is -0.744. The lowest BCUT2D eigenvalue weighted by atomic mass is 10.1. The molecule has 2 aliphatic rings. The molecule has 0 aromatic rings. The highest BCUT2D eigenvalue weighted by molar-refractivity contribution is 5.75. The highest BCUT2D eigenvalue weighted by Crippen LogP contribution is 2.25. The van der Waals surface area contributed by atoms with Gasteiger partial charge in [0, 0.05) is 31.7 Å². The molecule has 6 heteroatoms. The van der Waals surface area contributed by atoms with Crippen LogP contribution in [0.25, 0.3) is 0 Å². The molecular weight excluding hydrogens is 258 g/mol. The van der Waals surface area contributed by atoms with Gasteiger partial charge in [-0.25, -0.2) is 4.79 Å². The largest absolute Gasteiger partial charge is 0.481 e. The van der Waals surface area contributed by atoms with Crippen molar-refractivity contribution in [3.8, 4) is 0 Å². The number of urea groups is 1. The summed E-state index contributed by atoms with van der Waals surface area (Å²) in [4.78, 5) is 27.4. The fourth-order valence-corrected chi connectivity index (χ4v) is 3.25. The van der Waals surface area contributed by atoms with E-state index in [-0.39, 0.29) is 18.0 Å². The van der Waals surface area contributed by atoms with Crippen LogP contribution in [0.5, 0.6) is 0 Å². The number of amides is 2. The Labute approximate surface area is 120 Å². The van der Waals surface area contributed by atoms with Gasteiger partial charge in [-0.15, -0.1) is 0 Å².